The van der Waals surface area contributed by atoms with Crippen molar-refractivity contribution in [2.75, 3.05) is 12.8 Å². The zero-order valence-corrected chi connectivity index (χ0v) is 9.62. The molecule has 5 nitrogen and oxygen atoms in total. The highest BCUT2D eigenvalue weighted by Gasteiger charge is 2.04. The minimum absolute atomic E-state index is 0.368. The van der Waals surface area contributed by atoms with Gasteiger partial charge in [0.25, 0.3) is 0 Å². The molecule has 0 bridgehead atoms. The van der Waals surface area contributed by atoms with Gasteiger partial charge in [0.05, 0.1) is 5.30 Å². The van der Waals surface area contributed by atoms with Crippen LogP contribution in [0.2, 0.25) is 0 Å². The first kappa shape index (κ1) is 13.7. The SMILES string of the molecule is CN.OP(O)c1cnc(CCS)nc1. The van der Waals surface area contributed by atoms with Crippen molar-refractivity contribution in [3.05, 3.63) is 18.2 Å². The van der Waals surface area contributed by atoms with Gasteiger partial charge in [-0.1, -0.05) is 0 Å². The third kappa shape index (κ3) is 4.83. The summed E-state index contributed by atoms with van der Waals surface area (Å²) in [7, 11) is -0.561. The van der Waals surface area contributed by atoms with Gasteiger partial charge in [-0.05, 0) is 12.8 Å². The Hall–Kier alpha value is -0.260. The van der Waals surface area contributed by atoms with Crippen LogP contribution in [-0.4, -0.2) is 32.6 Å². The summed E-state index contributed by atoms with van der Waals surface area (Å²) in [6, 6.07) is 0. The molecule has 0 aliphatic rings. The van der Waals surface area contributed by atoms with Crippen LogP contribution in [0.15, 0.2) is 12.4 Å². The third-order valence-corrected chi connectivity index (χ3v) is 2.17. The average Bonchev–Trinajstić information content (AvgIpc) is 2.22. The van der Waals surface area contributed by atoms with Crippen LogP contribution in [0.5, 0.6) is 0 Å². The summed E-state index contributed by atoms with van der Waals surface area (Å²) in [5.74, 6) is 1.36. The number of rotatable bonds is 3. The fraction of sp³-hybridized carbons (Fsp3) is 0.429. The molecule has 1 aromatic rings. The van der Waals surface area contributed by atoms with Crippen molar-refractivity contribution in [3.8, 4) is 0 Å². The van der Waals surface area contributed by atoms with Crippen molar-refractivity contribution in [2.24, 2.45) is 5.73 Å². The van der Waals surface area contributed by atoms with Crippen LogP contribution in [-0.2, 0) is 6.42 Å². The Morgan fingerprint density at radius 2 is 1.86 bits per heavy atom. The highest BCUT2D eigenvalue weighted by molar-refractivity contribution is 7.80. The van der Waals surface area contributed by atoms with Crippen LogP contribution in [0.3, 0.4) is 0 Å². The summed E-state index contributed by atoms with van der Waals surface area (Å²) >= 11 is 4.02. The second-order valence-corrected chi connectivity index (χ2v) is 3.66. The van der Waals surface area contributed by atoms with E-state index in [0.29, 0.717) is 23.3 Å². The smallest absolute Gasteiger partial charge is 0.202 e. The Kier molecular flexibility index (Phi) is 7.93. The highest BCUT2D eigenvalue weighted by atomic mass is 32.1. The van der Waals surface area contributed by atoms with Gasteiger partial charge in [0, 0.05) is 18.8 Å². The number of nitrogens with zero attached hydrogens (tertiary/aromatic N) is 2. The van der Waals surface area contributed by atoms with E-state index in [4.69, 9.17) is 9.79 Å². The molecule has 0 aromatic carbocycles. The van der Waals surface area contributed by atoms with E-state index in [0.717, 1.165) is 0 Å². The molecule has 4 N–H and O–H groups in total. The lowest BCUT2D eigenvalue weighted by Crippen LogP contribution is -2.06. The lowest BCUT2D eigenvalue weighted by molar-refractivity contribution is 0.496. The van der Waals surface area contributed by atoms with Crippen LogP contribution < -0.4 is 11.0 Å². The number of aryl methyl sites for hydroxylation is 1. The van der Waals surface area contributed by atoms with Gasteiger partial charge in [-0.25, -0.2) is 9.97 Å². The lowest BCUT2D eigenvalue weighted by Gasteiger charge is -2.01. The summed E-state index contributed by atoms with van der Waals surface area (Å²) in [5, 5.41) is 0.368. The van der Waals surface area contributed by atoms with E-state index in [2.05, 4.69) is 28.3 Å². The van der Waals surface area contributed by atoms with E-state index in [1.165, 1.54) is 19.4 Å². The van der Waals surface area contributed by atoms with Gasteiger partial charge in [0.15, 0.2) is 0 Å². The van der Waals surface area contributed by atoms with Crippen molar-refractivity contribution in [3.63, 3.8) is 0 Å². The molecule has 14 heavy (non-hydrogen) atoms. The molecule has 0 saturated heterocycles. The molecular weight excluding hydrogens is 221 g/mol. The van der Waals surface area contributed by atoms with Gasteiger partial charge >= 0.3 is 0 Å². The van der Waals surface area contributed by atoms with E-state index in [-0.39, 0.29) is 0 Å². The Bertz CT molecular complexity index is 245. The van der Waals surface area contributed by atoms with Crippen molar-refractivity contribution in [2.45, 2.75) is 6.42 Å². The Morgan fingerprint density at radius 3 is 2.21 bits per heavy atom. The zero-order valence-electron chi connectivity index (χ0n) is 7.83. The second-order valence-electron chi connectivity index (χ2n) is 2.12. The predicted molar refractivity (Wildman–Crippen MR) is 60.7 cm³/mol. The van der Waals surface area contributed by atoms with E-state index in [1.807, 2.05) is 0 Å². The van der Waals surface area contributed by atoms with Gasteiger partial charge in [0.2, 0.25) is 8.38 Å². The minimum atomic E-state index is -2.06. The molecule has 1 rings (SSSR count). The first-order chi connectivity index (χ1) is 6.74. The lowest BCUT2D eigenvalue weighted by atomic mass is 10.4. The standard InChI is InChI=1S/C6H9N2O2PS.CH5N/c9-11(10)5-3-7-6(1-2-12)8-4-5;1-2/h3-4,9-10,12H,1-2H2;2H2,1H3. The van der Waals surface area contributed by atoms with Crippen LogP contribution >= 0.6 is 21.0 Å². The van der Waals surface area contributed by atoms with Crippen LogP contribution in [0.4, 0.5) is 0 Å². The molecule has 0 aliphatic heterocycles. The second kappa shape index (κ2) is 8.08. The molecular formula is C7H14N3O2PS. The van der Waals surface area contributed by atoms with Crippen molar-refractivity contribution < 1.29 is 9.79 Å². The molecule has 0 saturated carbocycles. The Balaban J connectivity index is 0.000000791. The minimum Gasteiger partial charge on any atom is -0.346 e. The maximum atomic E-state index is 8.77. The van der Waals surface area contributed by atoms with Gasteiger partial charge in [0.1, 0.15) is 5.82 Å². The number of hydrogen-bond donors (Lipinski definition) is 4. The Labute approximate surface area is 89.7 Å². The van der Waals surface area contributed by atoms with E-state index >= 15 is 0 Å². The number of aromatic nitrogens is 2. The average molecular weight is 235 g/mol. The van der Waals surface area contributed by atoms with Crippen LogP contribution in [0.1, 0.15) is 5.82 Å². The first-order valence-corrected chi connectivity index (χ1v) is 5.79. The highest BCUT2D eigenvalue weighted by Crippen LogP contribution is 2.19. The molecule has 0 fully saturated rings. The maximum absolute atomic E-state index is 8.77. The van der Waals surface area contributed by atoms with E-state index < -0.39 is 8.38 Å². The topological polar surface area (TPSA) is 92.3 Å². The predicted octanol–water partition coefficient (Wildman–Crippen LogP) is -0.554. The molecule has 0 atom stereocenters. The quantitative estimate of drug-likeness (QED) is 0.416. The summed E-state index contributed by atoms with van der Waals surface area (Å²) in [5.41, 5.74) is 4.50. The molecule has 0 unspecified atom stereocenters. The molecule has 80 valence electrons. The molecule has 1 heterocycles. The summed E-state index contributed by atoms with van der Waals surface area (Å²) in [6.45, 7) is 0. The molecule has 7 heteroatoms. The fourth-order valence-corrected chi connectivity index (χ4v) is 1.20. The largest absolute Gasteiger partial charge is 0.346 e. The first-order valence-electron chi connectivity index (χ1n) is 3.91. The van der Waals surface area contributed by atoms with Gasteiger partial charge in [-0.2, -0.15) is 12.6 Å². The van der Waals surface area contributed by atoms with Gasteiger partial charge in [-0.15, -0.1) is 0 Å². The van der Waals surface area contributed by atoms with E-state index in [9.17, 15) is 0 Å². The molecule has 0 radical (unpaired) electrons. The molecule has 0 amide bonds. The van der Waals surface area contributed by atoms with E-state index in [1.54, 1.807) is 0 Å². The van der Waals surface area contributed by atoms with Crippen molar-refractivity contribution in [1.82, 2.24) is 9.97 Å². The normalized spacial score (nSPS) is 9.57. The third-order valence-electron chi connectivity index (χ3n) is 1.26. The maximum Gasteiger partial charge on any atom is 0.202 e. The van der Waals surface area contributed by atoms with Crippen molar-refractivity contribution >= 4 is 26.3 Å². The van der Waals surface area contributed by atoms with Gasteiger partial charge < -0.3 is 15.5 Å². The molecule has 1 aromatic heterocycles. The fourth-order valence-electron chi connectivity index (χ4n) is 0.680. The van der Waals surface area contributed by atoms with Crippen LogP contribution in [0, 0.1) is 0 Å². The zero-order chi connectivity index (χ0) is 11.0. The molecule has 0 aliphatic carbocycles. The summed E-state index contributed by atoms with van der Waals surface area (Å²) in [4.78, 5) is 25.4. The molecule has 0 spiro atoms. The summed E-state index contributed by atoms with van der Waals surface area (Å²) in [6.07, 6.45) is 3.55. The number of thiol groups is 1. The monoisotopic (exact) mass is 235 g/mol. The summed E-state index contributed by atoms with van der Waals surface area (Å²) < 4.78 is 0. The van der Waals surface area contributed by atoms with Gasteiger partial charge in [-0.3, -0.25) is 0 Å². The van der Waals surface area contributed by atoms with Crippen molar-refractivity contribution in [1.29, 1.82) is 0 Å². The number of hydrogen-bond acceptors (Lipinski definition) is 6. The number of nitrogens with two attached hydrogens (primary N) is 1. The Morgan fingerprint density at radius 1 is 1.36 bits per heavy atom. The van der Waals surface area contributed by atoms with Crippen LogP contribution in [0.25, 0.3) is 0 Å².